The van der Waals surface area contributed by atoms with Crippen molar-refractivity contribution >= 4 is 5.91 Å². The summed E-state index contributed by atoms with van der Waals surface area (Å²) in [5, 5.41) is 12.7. The summed E-state index contributed by atoms with van der Waals surface area (Å²) in [5.41, 5.74) is 0. The van der Waals surface area contributed by atoms with Crippen LogP contribution in [0.25, 0.3) is 0 Å². The van der Waals surface area contributed by atoms with E-state index in [-0.39, 0.29) is 12.5 Å². The predicted molar refractivity (Wildman–Crippen MR) is 68.8 cm³/mol. The van der Waals surface area contributed by atoms with Gasteiger partial charge in [-0.05, 0) is 25.7 Å². The van der Waals surface area contributed by atoms with Crippen molar-refractivity contribution in [3.05, 3.63) is 0 Å². The van der Waals surface area contributed by atoms with Gasteiger partial charge in [0.2, 0.25) is 5.91 Å². The Morgan fingerprint density at radius 1 is 1.41 bits per heavy atom. The summed E-state index contributed by atoms with van der Waals surface area (Å²) < 4.78 is 0. The maximum absolute atomic E-state index is 11.6. The van der Waals surface area contributed by atoms with E-state index in [2.05, 4.69) is 5.32 Å². The average molecular weight is 242 g/mol. The molecule has 0 heterocycles. The number of hydrogen-bond acceptors (Lipinski definition) is 3. The van der Waals surface area contributed by atoms with Crippen LogP contribution in [0.3, 0.4) is 0 Å². The molecule has 0 aliphatic heterocycles. The topological polar surface area (TPSA) is 52.6 Å². The maximum atomic E-state index is 11.6. The van der Waals surface area contributed by atoms with Crippen LogP contribution >= 0.6 is 0 Å². The molecule has 1 amide bonds. The summed E-state index contributed by atoms with van der Waals surface area (Å²) in [6.45, 7) is 3.74. The third-order valence-corrected chi connectivity index (χ3v) is 3.79. The van der Waals surface area contributed by atoms with Crippen molar-refractivity contribution in [2.75, 3.05) is 26.7 Å². The third-order valence-electron chi connectivity index (χ3n) is 3.79. The first-order chi connectivity index (χ1) is 8.19. The number of aliphatic hydroxyl groups is 1. The second kappa shape index (κ2) is 7.67. The summed E-state index contributed by atoms with van der Waals surface area (Å²) in [6.07, 6.45) is 5.25. The molecule has 1 aliphatic rings. The molecule has 0 radical (unpaired) electrons. The minimum atomic E-state index is 0.191. The molecule has 2 unspecified atom stereocenters. The summed E-state index contributed by atoms with van der Waals surface area (Å²) in [7, 11) is 1.83. The van der Waals surface area contributed by atoms with Gasteiger partial charge in [0.1, 0.15) is 0 Å². The normalized spacial score (nSPS) is 24.6. The lowest BCUT2D eigenvalue weighted by atomic mass is 9.85. The highest BCUT2D eigenvalue weighted by Gasteiger charge is 2.23. The number of hydrogen-bond donors (Lipinski definition) is 2. The van der Waals surface area contributed by atoms with Gasteiger partial charge in [-0.1, -0.05) is 12.8 Å². The van der Waals surface area contributed by atoms with Gasteiger partial charge in [0.05, 0.1) is 0 Å². The Balaban J connectivity index is 2.22. The minimum absolute atomic E-state index is 0.191. The molecule has 1 fully saturated rings. The van der Waals surface area contributed by atoms with Crippen LogP contribution in [0, 0.1) is 5.92 Å². The van der Waals surface area contributed by atoms with Gasteiger partial charge in [-0.2, -0.15) is 0 Å². The van der Waals surface area contributed by atoms with Gasteiger partial charge in [0.25, 0.3) is 0 Å². The van der Waals surface area contributed by atoms with E-state index in [0.717, 1.165) is 25.9 Å². The summed E-state index contributed by atoms with van der Waals surface area (Å²) >= 11 is 0. The van der Waals surface area contributed by atoms with Gasteiger partial charge in [-0.15, -0.1) is 0 Å². The monoisotopic (exact) mass is 242 g/mol. The van der Waals surface area contributed by atoms with Crippen LogP contribution < -0.4 is 5.32 Å². The lowest BCUT2D eigenvalue weighted by Crippen LogP contribution is -2.41. The molecule has 1 aliphatic carbocycles. The Bertz CT molecular complexity index is 233. The Kier molecular flexibility index (Phi) is 6.52. The van der Waals surface area contributed by atoms with Crippen LogP contribution in [0.2, 0.25) is 0 Å². The molecule has 0 saturated heterocycles. The number of nitrogens with zero attached hydrogens (tertiary/aromatic N) is 1. The first-order valence-corrected chi connectivity index (χ1v) is 6.77. The van der Waals surface area contributed by atoms with E-state index in [1.54, 1.807) is 4.90 Å². The predicted octanol–water partition coefficient (Wildman–Crippen LogP) is 0.995. The molecule has 1 saturated carbocycles. The van der Waals surface area contributed by atoms with Crippen LogP contribution in [-0.4, -0.2) is 48.7 Å². The van der Waals surface area contributed by atoms with Crippen molar-refractivity contribution in [2.24, 2.45) is 5.92 Å². The number of amides is 1. The van der Waals surface area contributed by atoms with Gasteiger partial charge in [-0.3, -0.25) is 4.79 Å². The van der Waals surface area contributed by atoms with Crippen molar-refractivity contribution in [1.29, 1.82) is 0 Å². The molecule has 0 aromatic carbocycles. The Morgan fingerprint density at radius 3 is 2.76 bits per heavy atom. The standard InChI is InChI=1S/C13H26N2O2/c1-3-15(2)13(17)8-9-14-12-7-5-4-6-11(12)10-16/h11-12,14,16H,3-10H2,1-2H3. The molecule has 100 valence electrons. The van der Waals surface area contributed by atoms with Gasteiger partial charge in [0.15, 0.2) is 0 Å². The average Bonchev–Trinajstić information content (AvgIpc) is 2.38. The van der Waals surface area contributed by atoms with Gasteiger partial charge in [-0.25, -0.2) is 0 Å². The number of rotatable bonds is 6. The second-order valence-electron chi connectivity index (χ2n) is 4.95. The molecule has 0 spiro atoms. The molecule has 4 nitrogen and oxygen atoms in total. The first kappa shape index (κ1) is 14.5. The van der Waals surface area contributed by atoms with Gasteiger partial charge in [0, 0.05) is 39.2 Å². The zero-order valence-electron chi connectivity index (χ0n) is 11.1. The highest BCUT2D eigenvalue weighted by atomic mass is 16.3. The zero-order chi connectivity index (χ0) is 12.7. The van der Waals surface area contributed by atoms with Crippen molar-refractivity contribution < 1.29 is 9.90 Å². The molecule has 17 heavy (non-hydrogen) atoms. The van der Waals surface area contributed by atoms with E-state index < -0.39 is 0 Å². The number of carbonyl (C=O) groups excluding carboxylic acids is 1. The fraction of sp³-hybridized carbons (Fsp3) is 0.923. The SMILES string of the molecule is CCN(C)C(=O)CCNC1CCCCC1CO. The highest BCUT2D eigenvalue weighted by Crippen LogP contribution is 2.23. The molecule has 2 N–H and O–H groups in total. The van der Waals surface area contributed by atoms with E-state index in [0.29, 0.717) is 18.4 Å². The van der Waals surface area contributed by atoms with E-state index in [1.807, 2.05) is 14.0 Å². The third kappa shape index (κ3) is 4.64. The van der Waals surface area contributed by atoms with Crippen LogP contribution in [0.15, 0.2) is 0 Å². The van der Waals surface area contributed by atoms with Crippen molar-refractivity contribution in [1.82, 2.24) is 10.2 Å². The Labute approximate surface area is 104 Å². The van der Waals surface area contributed by atoms with Crippen molar-refractivity contribution in [3.63, 3.8) is 0 Å². The largest absolute Gasteiger partial charge is 0.396 e. The Hall–Kier alpha value is -0.610. The first-order valence-electron chi connectivity index (χ1n) is 6.77. The maximum Gasteiger partial charge on any atom is 0.223 e. The van der Waals surface area contributed by atoms with Gasteiger partial charge >= 0.3 is 0 Å². The molecular weight excluding hydrogens is 216 g/mol. The van der Waals surface area contributed by atoms with E-state index >= 15 is 0 Å². The number of nitrogens with one attached hydrogen (secondary N) is 1. The summed E-state index contributed by atoms with van der Waals surface area (Å²) in [6, 6.07) is 0.397. The van der Waals surface area contributed by atoms with E-state index in [9.17, 15) is 9.90 Å². The second-order valence-corrected chi connectivity index (χ2v) is 4.95. The lowest BCUT2D eigenvalue weighted by Gasteiger charge is -2.31. The van der Waals surface area contributed by atoms with E-state index in [1.165, 1.54) is 12.8 Å². The van der Waals surface area contributed by atoms with Crippen LogP contribution in [0.4, 0.5) is 0 Å². The molecule has 4 heteroatoms. The smallest absolute Gasteiger partial charge is 0.223 e. The van der Waals surface area contributed by atoms with Gasteiger partial charge < -0.3 is 15.3 Å². The Morgan fingerprint density at radius 2 is 2.12 bits per heavy atom. The lowest BCUT2D eigenvalue weighted by molar-refractivity contribution is -0.129. The fourth-order valence-electron chi connectivity index (χ4n) is 2.43. The quantitative estimate of drug-likeness (QED) is 0.730. The number of carbonyl (C=O) groups is 1. The highest BCUT2D eigenvalue weighted by molar-refractivity contribution is 5.75. The molecule has 2 atom stereocenters. The summed E-state index contributed by atoms with van der Waals surface area (Å²) in [5.74, 6) is 0.569. The van der Waals surface area contributed by atoms with E-state index in [4.69, 9.17) is 0 Å². The van der Waals surface area contributed by atoms with Crippen LogP contribution in [0.1, 0.15) is 39.0 Å². The molecule has 0 aromatic heterocycles. The van der Waals surface area contributed by atoms with Crippen molar-refractivity contribution in [2.45, 2.75) is 45.1 Å². The fourth-order valence-corrected chi connectivity index (χ4v) is 2.43. The number of aliphatic hydroxyl groups excluding tert-OH is 1. The molecule has 1 rings (SSSR count). The summed E-state index contributed by atoms with van der Waals surface area (Å²) in [4.78, 5) is 13.3. The van der Waals surface area contributed by atoms with Crippen LogP contribution in [0.5, 0.6) is 0 Å². The minimum Gasteiger partial charge on any atom is -0.396 e. The van der Waals surface area contributed by atoms with Crippen molar-refractivity contribution in [3.8, 4) is 0 Å². The zero-order valence-corrected chi connectivity index (χ0v) is 11.1. The molecular formula is C13H26N2O2. The molecule has 0 bridgehead atoms. The van der Waals surface area contributed by atoms with Crippen LogP contribution in [-0.2, 0) is 4.79 Å². The molecule has 0 aromatic rings.